The van der Waals surface area contributed by atoms with Crippen LogP contribution in [0.3, 0.4) is 0 Å². The van der Waals surface area contributed by atoms with Gasteiger partial charge >= 0.3 is 6.09 Å². The summed E-state index contributed by atoms with van der Waals surface area (Å²) in [5, 5.41) is 6.25. The average molecular weight is 345 g/mol. The lowest BCUT2D eigenvalue weighted by atomic mass is 9.89. The van der Waals surface area contributed by atoms with Gasteiger partial charge in [0.25, 0.3) is 0 Å². The zero-order valence-electron chi connectivity index (χ0n) is 13.1. The molecule has 1 aromatic rings. The summed E-state index contributed by atoms with van der Waals surface area (Å²) in [4.78, 5) is 11.1. The second kappa shape index (κ2) is 9.05. The highest BCUT2D eigenvalue weighted by Gasteiger charge is 2.26. The summed E-state index contributed by atoms with van der Waals surface area (Å²) >= 11 is 5.97. The van der Waals surface area contributed by atoms with Gasteiger partial charge in [-0.2, -0.15) is 0 Å². The Morgan fingerprint density at radius 3 is 3.00 bits per heavy atom. The first-order valence-electron chi connectivity index (χ1n) is 7.70. The third-order valence-corrected chi connectivity index (χ3v) is 4.05. The minimum atomic E-state index is -0.502. The van der Waals surface area contributed by atoms with Crippen molar-refractivity contribution >= 4 is 17.7 Å². The molecule has 5 nitrogen and oxygen atoms in total. The first kappa shape index (κ1) is 18.0. The van der Waals surface area contributed by atoms with Crippen LogP contribution in [0.4, 0.5) is 9.18 Å². The molecular formula is C16H22ClFN2O3. The third kappa shape index (κ3) is 5.64. The number of rotatable bonds is 6. The lowest BCUT2D eigenvalue weighted by Crippen LogP contribution is -2.35. The summed E-state index contributed by atoms with van der Waals surface area (Å²) in [7, 11) is 1.31. The molecule has 0 radical (unpaired) electrons. The van der Waals surface area contributed by atoms with E-state index in [1.165, 1.54) is 19.2 Å². The van der Waals surface area contributed by atoms with Crippen LogP contribution in [0.5, 0.6) is 0 Å². The van der Waals surface area contributed by atoms with Crippen molar-refractivity contribution in [2.45, 2.75) is 18.9 Å². The van der Waals surface area contributed by atoms with Crippen LogP contribution in [0.15, 0.2) is 18.2 Å². The summed E-state index contributed by atoms with van der Waals surface area (Å²) in [6, 6.07) is 4.47. The van der Waals surface area contributed by atoms with E-state index in [2.05, 4.69) is 15.4 Å². The molecule has 1 fully saturated rings. The maximum Gasteiger partial charge on any atom is 0.406 e. The van der Waals surface area contributed by atoms with Gasteiger partial charge < -0.3 is 20.1 Å². The molecule has 7 heteroatoms. The SMILES string of the molecule is COC(=O)NCCOC(c1cc(F)cc(Cl)c1)C1CCCNC1. The van der Waals surface area contributed by atoms with Gasteiger partial charge in [0, 0.05) is 24.0 Å². The molecule has 2 rings (SSSR count). The van der Waals surface area contributed by atoms with Gasteiger partial charge in [0.2, 0.25) is 0 Å². The first-order valence-corrected chi connectivity index (χ1v) is 8.08. The fourth-order valence-electron chi connectivity index (χ4n) is 2.79. The van der Waals surface area contributed by atoms with Crippen molar-refractivity contribution in [3.8, 4) is 0 Å². The fraction of sp³-hybridized carbons (Fsp3) is 0.562. The summed E-state index contributed by atoms with van der Waals surface area (Å²) in [5.41, 5.74) is 0.724. The van der Waals surface area contributed by atoms with E-state index in [1.807, 2.05) is 0 Å². The van der Waals surface area contributed by atoms with Crippen LogP contribution in [0.2, 0.25) is 5.02 Å². The molecule has 0 saturated carbocycles. The van der Waals surface area contributed by atoms with Gasteiger partial charge in [0.15, 0.2) is 0 Å². The van der Waals surface area contributed by atoms with Gasteiger partial charge in [-0.1, -0.05) is 11.6 Å². The molecule has 1 saturated heterocycles. The van der Waals surface area contributed by atoms with E-state index in [9.17, 15) is 9.18 Å². The van der Waals surface area contributed by atoms with Gasteiger partial charge in [0.1, 0.15) is 5.82 Å². The molecular weight excluding hydrogens is 323 g/mol. The van der Waals surface area contributed by atoms with Crippen molar-refractivity contribution in [2.75, 3.05) is 33.4 Å². The molecule has 0 bridgehead atoms. The minimum absolute atomic E-state index is 0.236. The Morgan fingerprint density at radius 1 is 1.52 bits per heavy atom. The molecule has 0 spiro atoms. The van der Waals surface area contributed by atoms with Crippen molar-refractivity contribution in [1.82, 2.24) is 10.6 Å². The largest absolute Gasteiger partial charge is 0.453 e. The lowest BCUT2D eigenvalue weighted by molar-refractivity contribution is 0.00458. The van der Waals surface area contributed by atoms with Crippen LogP contribution in [0.25, 0.3) is 0 Å². The number of ether oxygens (including phenoxy) is 2. The normalized spacial score (nSPS) is 19.2. The standard InChI is InChI=1S/C16H22ClFN2O3/c1-22-16(21)20-5-6-23-15(11-3-2-4-19-10-11)12-7-13(17)9-14(18)8-12/h7-9,11,15,19H,2-6,10H2,1H3,(H,20,21). The van der Waals surface area contributed by atoms with Crippen molar-refractivity contribution < 1.29 is 18.7 Å². The number of halogens is 2. The monoisotopic (exact) mass is 344 g/mol. The van der Waals surface area contributed by atoms with Crippen molar-refractivity contribution in [3.63, 3.8) is 0 Å². The number of carbonyl (C=O) groups is 1. The minimum Gasteiger partial charge on any atom is -0.453 e. The van der Waals surface area contributed by atoms with Crippen molar-refractivity contribution in [3.05, 3.63) is 34.6 Å². The van der Waals surface area contributed by atoms with Gasteiger partial charge in [0.05, 0.1) is 19.8 Å². The van der Waals surface area contributed by atoms with Gasteiger partial charge in [-0.3, -0.25) is 0 Å². The van der Waals surface area contributed by atoms with Crippen LogP contribution in [-0.2, 0) is 9.47 Å². The number of hydrogen-bond acceptors (Lipinski definition) is 4. The maximum atomic E-state index is 13.7. The number of nitrogens with one attached hydrogen (secondary N) is 2. The molecule has 0 aromatic heterocycles. The quantitative estimate of drug-likeness (QED) is 0.779. The van der Waals surface area contributed by atoms with E-state index in [0.29, 0.717) is 18.2 Å². The van der Waals surface area contributed by atoms with E-state index in [1.54, 1.807) is 6.07 Å². The Labute approximate surface area is 140 Å². The number of piperidine rings is 1. The molecule has 23 heavy (non-hydrogen) atoms. The van der Waals surface area contributed by atoms with E-state index in [-0.39, 0.29) is 17.8 Å². The number of benzene rings is 1. The van der Waals surface area contributed by atoms with E-state index in [4.69, 9.17) is 16.3 Å². The Kier molecular flexibility index (Phi) is 7.08. The Hall–Kier alpha value is -1.37. The van der Waals surface area contributed by atoms with Crippen molar-refractivity contribution in [2.24, 2.45) is 5.92 Å². The Morgan fingerprint density at radius 2 is 2.35 bits per heavy atom. The summed E-state index contributed by atoms with van der Waals surface area (Å²) in [6.45, 7) is 2.43. The molecule has 1 aliphatic heterocycles. The van der Waals surface area contributed by atoms with Gasteiger partial charge in [-0.05, 0) is 43.1 Å². The molecule has 128 valence electrons. The lowest BCUT2D eigenvalue weighted by Gasteiger charge is -2.31. The summed E-state index contributed by atoms with van der Waals surface area (Å²) < 4.78 is 24.1. The summed E-state index contributed by atoms with van der Waals surface area (Å²) in [5.74, 6) is -0.141. The van der Waals surface area contributed by atoms with Gasteiger partial charge in [-0.15, -0.1) is 0 Å². The topological polar surface area (TPSA) is 59.6 Å². The smallest absolute Gasteiger partial charge is 0.406 e. The predicted octanol–water partition coefficient (Wildman–Crippen LogP) is 2.89. The van der Waals surface area contributed by atoms with Gasteiger partial charge in [-0.25, -0.2) is 9.18 Å². The zero-order chi connectivity index (χ0) is 16.7. The Bertz CT molecular complexity index is 504. The first-order chi connectivity index (χ1) is 11.1. The highest BCUT2D eigenvalue weighted by atomic mass is 35.5. The number of amides is 1. The van der Waals surface area contributed by atoms with Crippen molar-refractivity contribution in [1.29, 1.82) is 0 Å². The molecule has 1 aromatic carbocycles. The van der Waals surface area contributed by atoms with E-state index >= 15 is 0 Å². The van der Waals surface area contributed by atoms with Crippen LogP contribution in [-0.4, -0.2) is 39.4 Å². The van der Waals surface area contributed by atoms with E-state index < -0.39 is 6.09 Å². The number of alkyl carbamates (subject to hydrolysis) is 1. The highest BCUT2D eigenvalue weighted by molar-refractivity contribution is 6.30. The third-order valence-electron chi connectivity index (χ3n) is 3.83. The number of hydrogen-bond donors (Lipinski definition) is 2. The second-order valence-corrected chi connectivity index (χ2v) is 5.96. The highest BCUT2D eigenvalue weighted by Crippen LogP contribution is 2.32. The molecule has 0 aliphatic carbocycles. The molecule has 1 amide bonds. The average Bonchev–Trinajstić information content (AvgIpc) is 2.54. The zero-order valence-corrected chi connectivity index (χ0v) is 13.9. The molecule has 1 heterocycles. The maximum absolute atomic E-state index is 13.7. The fourth-order valence-corrected chi connectivity index (χ4v) is 3.02. The van der Waals surface area contributed by atoms with Crippen LogP contribution < -0.4 is 10.6 Å². The predicted molar refractivity (Wildman–Crippen MR) is 86.1 cm³/mol. The van der Waals surface area contributed by atoms with Crippen LogP contribution in [0, 0.1) is 11.7 Å². The molecule has 2 N–H and O–H groups in total. The Balaban J connectivity index is 2.03. The van der Waals surface area contributed by atoms with Crippen LogP contribution >= 0.6 is 11.6 Å². The molecule has 1 aliphatic rings. The number of carbonyl (C=O) groups excluding carboxylic acids is 1. The van der Waals surface area contributed by atoms with Crippen LogP contribution in [0.1, 0.15) is 24.5 Å². The molecule has 2 unspecified atom stereocenters. The second-order valence-electron chi connectivity index (χ2n) is 5.52. The molecule has 2 atom stereocenters. The van der Waals surface area contributed by atoms with E-state index in [0.717, 1.165) is 31.5 Å². The summed E-state index contributed by atoms with van der Waals surface area (Å²) in [6.07, 6.45) is 1.28. The number of methoxy groups -OCH3 is 1.